The van der Waals surface area contributed by atoms with E-state index in [1.54, 1.807) is 0 Å². The maximum Gasteiger partial charge on any atom is 0.259 e. The van der Waals surface area contributed by atoms with Crippen LogP contribution in [0.1, 0.15) is 57.7 Å². The molecule has 2 aromatic carbocycles. The summed E-state index contributed by atoms with van der Waals surface area (Å²) in [6.07, 6.45) is 2.25. The van der Waals surface area contributed by atoms with Crippen LogP contribution in [0.2, 0.25) is 0 Å². The number of rotatable bonds is 4. The van der Waals surface area contributed by atoms with Crippen molar-refractivity contribution < 1.29 is 14.3 Å². The molecule has 6 nitrogen and oxygen atoms in total. The van der Waals surface area contributed by atoms with Gasteiger partial charge in [0.2, 0.25) is 5.91 Å². The van der Waals surface area contributed by atoms with Crippen LogP contribution >= 0.6 is 0 Å². The van der Waals surface area contributed by atoms with Gasteiger partial charge in [-0.2, -0.15) is 0 Å². The van der Waals surface area contributed by atoms with Gasteiger partial charge in [0.05, 0.1) is 23.7 Å². The third-order valence-corrected chi connectivity index (χ3v) is 6.41. The summed E-state index contributed by atoms with van der Waals surface area (Å²) in [6.45, 7) is 10.0. The molecule has 1 atom stereocenters. The zero-order valence-electron chi connectivity index (χ0n) is 19.7. The third-order valence-electron chi connectivity index (χ3n) is 6.41. The number of ether oxygens (including phenoxy) is 1. The average molecular weight is 444 g/mol. The first-order valence-electron chi connectivity index (χ1n) is 11.5. The standard InChI is InChI=1S/C27H29N3O3/c1-15(2)29-13-20-24(18-9-11-19(12-10-18)33-16(3)4)26-22(14-30(17(5)31)27(26)32)28-21-7-6-8-23(29)25(20)21/h6-13,15-16,24,28H,14H2,1-5H3/t24-/m0/s1. The summed E-state index contributed by atoms with van der Waals surface area (Å²) in [5, 5.41) is 4.64. The molecule has 0 fully saturated rings. The minimum atomic E-state index is -0.288. The Labute approximate surface area is 193 Å². The Morgan fingerprint density at radius 3 is 2.45 bits per heavy atom. The van der Waals surface area contributed by atoms with Crippen LogP contribution < -0.4 is 10.1 Å². The lowest BCUT2D eigenvalue weighted by molar-refractivity contribution is -0.139. The van der Waals surface area contributed by atoms with Crippen molar-refractivity contribution in [3.63, 3.8) is 0 Å². The lowest BCUT2D eigenvalue weighted by Crippen LogP contribution is -2.33. The zero-order chi connectivity index (χ0) is 23.4. The minimum Gasteiger partial charge on any atom is -0.491 e. The van der Waals surface area contributed by atoms with Crippen LogP contribution in [0, 0.1) is 0 Å². The summed E-state index contributed by atoms with van der Waals surface area (Å²) in [5.41, 5.74) is 5.60. The molecule has 2 aliphatic rings. The van der Waals surface area contributed by atoms with Gasteiger partial charge < -0.3 is 14.6 Å². The van der Waals surface area contributed by atoms with E-state index >= 15 is 0 Å². The fourth-order valence-electron chi connectivity index (χ4n) is 5.02. The first kappa shape index (κ1) is 21.3. The van der Waals surface area contributed by atoms with Crippen LogP contribution in [-0.4, -0.2) is 33.9 Å². The van der Waals surface area contributed by atoms with Gasteiger partial charge in [0.25, 0.3) is 5.91 Å². The van der Waals surface area contributed by atoms with Gasteiger partial charge in [-0.25, -0.2) is 0 Å². The second kappa shape index (κ2) is 7.80. The number of carbonyl (C=O) groups excluding carboxylic acids is 2. The number of imide groups is 1. The summed E-state index contributed by atoms with van der Waals surface area (Å²) in [4.78, 5) is 27.1. The van der Waals surface area contributed by atoms with E-state index in [4.69, 9.17) is 4.74 Å². The molecule has 0 unspecified atom stereocenters. The number of anilines is 1. The van der Waals surface area contributed by atoms with Crippen molar-refractivity contribution in [1.82, 2.24) is 9.47 Å². The Hall–Kier alpha value is -3.54. The summed E-state index contributed by atoms with van der Waals surface area (Å²) >= 11 is 0. The van der Waals surface area contributed by atoms with E-state index in [1.165, 1.54) is 11.8 Å². The molecule has 0 radical (unpaired) electrons. The van der Waals surface area contributed by atoms with Gasteiger partial charge in [-0.05, 0) is 63.1 Å². The lowest BCUT2D eigenvalue weighted by Gasteiger charge is -2.20. The highest BCUT2D eigenvalue weighted by atomic mass is 16.5. The van der Waals surface area contributed by atoms with Crippen LogP contribution in [0.3, 0.4) is 0 Å². The molecule has 0 aliphatic carbocycles. The molecule has 0 bridgehead atoms. The van der Waals surface area contributed by atoms with Crippen molar-refractivity contribution >= 4 is 28.4 Å². The number of carbonyl (C=O) groups is 2. The Balaban J connectivity index is 1.74. The van der Waals surface area contributed by atoms with Crippen molar-refractivity contribution in [3.05, 3.63) is 71.1 Å². The quantitative estimate of drug-likeness (QED) is 0.601. The predicted octanol–water partition coefficient (Wildman–Crippen LogP) is 5.21. The molecule has 3 heterocycles. The highest BCUT2D eigenvalue weighted by molar-refractivity contribution is 6.11. The number of hydrogen-bond donors (Lipinski definition) is 1. The predicted molar refractivity (Wildman–Crippen MR) is 129 cm³/mol. The van der Waals surface area contributed by atoms with Crippen LogP contribution in [0.15, 0.2) is 59.9 Å². The second-order valence-electron chi connectivity index (χ2n) is 9.38. The highest BCUT2D eigenvalue weighted by Gasteiger charge is 2.41. The number of benzene rings is 2. The molecule has 2 amide bonds. The number of aromatic nitrogens is 1. The van der Waals surface area contributed by atoms with E-state index in [0.717, 1.165) is 39.2 Å². The first-order valence-corrected chi connectivity index (χ1v) is 11.5. The second-order valence-corrected chi connectivity index (χ2v) is 9.38. The highest BCUT2D eigenvalue weighted by Crippen LogP contribution is 2.47. The van der Waals surface area contributed by atoms with Gasteiger partial charge in [0.1, 0.15) is 5.75 Å². The molecule has 1 N–H and O–H groups in total. The molecule has 6 heteroatoms. The van der Waals surface area contributed by atoms with Crippen molar-refractivity contribution in [2.24, 2.45) is 0 Å². The minimum absolute atomic E-state index is 0.0827. The smallest absolute Gasteiger partial charge is 0.259 e. The molecule has 170 valence electrons. The molecule has 33 heavy (non-hydrogen) atoms. The van der Waals surface area contributed by atoms with Crippen LogP contribution in [0.4, 0.5) is 5.69 Å². The van der Waals surface area contributed by atoms with Gasteiger partial charge in [0, 0.05) is 41.9 Å². The molecular weight excluding hydrogens is 414 g/mol. The molecule has 0 saturated carbocycles. The van der Waals surface area contributed by atoms with Crippen LogP contribution in [0.5, 0.6) is 5.75 Å². The molecule has 0 spiro atoms. The summed E-state index contributed by atoms with van der Waals surface area (Å²) in [6, 6.07) is 14.4. The monoisotopic (exact) mass is 443 g/mol. The zero-order valence-corrected chi connectivity index (χ0v) is 19.7. The topological polar surface area (TPSA) is 63.6 Å². The largest absolute Gasteiger partial charge is 0.491 e. The summed E-state index contributed by atoms with van der Waals surface area (Å²) in [5.74, 6) is 0.0370. The van der Waals surface area contributed by atoms with Gasteiger partial charge in [0.15, 0.2) is 0 Å². The molecular formula is C27H29N3O3. The lowest BCUT2D eigenvalue weighted by atomic mass is 9.84. The Bertz CT molecular complexity index is 1300. The van der Waals surface area contributed by atoms with E-state index in [0.29, 0.717) is 5.57 Å². The maximum absolute atomic E-state index is 13.5. The fourth-order valence-corrected chi connectivity index (χ4v) is 5.02. The Morgan fingerprint density at radius 2 is 1.82 bits per heavy atom. The Morgan fingerprint density at radius 1 is 1.09 bits per heavy atom. The van der Waals surface area contributed by atoms with Gasteiger partial charge in [-0.1, -0.05) is 18.2 Å². The maximum atomic E-state index is 13.5. The third kappa shape index (κ3) is 3.41. The number of nitrogens with zero attached hydrogens (tertiary/aromatic N) is 2. The molecule has 0 saturated heterocycles. The number of amides is 2. The molecule has 1 aromatic heterocycles. The van der Waals surface area contributed by atoms with E-state index in [-0.39, 0.29) is 36.4 Å². The number of nitrogens with one attached hydrogen (secondary N) is 1. The Kier molecular flexibility index (Phi) is 5.04. The fraction of sp³-hybridized carbons (Fsp3) is 0.333. The SMILES string of the molecule is CC(=O)N1CC2=C(C1=O)[C@@H](c1ccc(OC(C)C)cc1)c1cn(C(C)C)c3cccc(c13)N2. The van der Waals surface area contributed by atoms with E-state index in [2.05, 4.69) is 36.0 Å². The van der Waals surface area contributed by atoms with Crippen molar-refractivity contribution in [2.75, 3.05) is 11.9 Å². The van der Waals surface area contributed by atoms with Crippen LogP contribution in [0.25, 0.3) is 10.9 Å². The van der Waals surface area contributed by atoms with Crippen molar-refractivity contribution in [2.45, 2.75) is 52.7 Å². The van der Waals surface area contributed by atoms with E-state index in [9.17, 15) is 9.59 Å². The number of hydrogen-bond acceptors (Lipinski definition) is 4. The average Bonchev–Trinajstić information content (AvgIpc) is 3.25. The van der Waals surface area contributed by atoms with Gasteiger partial charge >= 0.3 is 0 Å². The van der Waals surface area contributed by atoms with Crippen LogP contribution in [-0.2, 0) is 9.59 Å². The van der Waals surface area contributed by atoms with Crippen molar-refractivity contribution in [3.8, 4) is 5.75 Å². The molecule has 3 aromatic rings. The normalized spacial score (nSPS) is 17.6. The molecule has 2 aliphatic heterocycles. The van der Waals surface area contributed by atoms with Gasteiger partial charge in [-0.3, -0.25) is 14.5 Å². The van der Waals surface area contributed by atoms with E-state index < -0.39 is 0 Å². The van der Waals surface area contributed by atoms with Gasteiger partial charge in [-0.15, -0.1) is 0 Å². The molecule has 5 rings (SSSR count). The summed E-state index contributed by atoms with van der Waals surface area (Å²) in [7, 11) is 0. The van der Waals surface area contributed by atoms with E-state index in [1.807, 2.05) is 50.2 Å². The van der Waals surface area contributed by atoms with Crippen molar-refractivity contribution in [1.29, 1.82) is 0 Å². The first-order chi connectivity index (χ1) is 15.8. The summed E-state index contributed by atoms with van der Waals surface area (Å²) < 4.78 is 8.10.